The Balaban J connectivity index is 0.000000404. The van der Waals surface area contributed by atoms with E-state index in [1.807, 2.05) is 13.8 Å². The highest BCUT2D eigenvalue weighted by molar-refractivity contribution is 5.33. The molecule has 0 radical (unpaired) electrons. The van der Waals surface area contributed by atoms with Gasteiger partial charge in [-0.25, -0.2) is 0 Å². The SMILES string of the molecule is CC.c1ccc2c(c1)CCN1CCC[C@H]21. The van der Waals surface area contributed by atoms with Crippen LogP contribution in [0.5, 0.6) is 0 Å². The van der Waals surface area contributed by atoms with Crippen molar-refractivity contribution < 1.29 is 0 Å². The quantitative estimate of drug-likeness (QED) is 0.624. The van der Waals surface area contributed by atoms with E-state index in [9.17, 15) is 0 Å². The molecule has 0 spiro atoms. The van der Waals surface area contributed by atoms with Crippen molar-refractivity contribution in [3.05, 3.63) is 35.4 Å². The standard InChI is InChI=1S/C12H15N.C2H6/c1-2-5-11-10(4-1)7-9-13-8-3-6-12(11)13;1-2/h1-2,4-5,12H,3,6-9H2;1-2H3/t12-;/m1./s1. The lowest BCUT2D eigenvalue weighted by atomic mass is 9.93. The summed E-state index contributed by atoms with van der Waals surface area (Å²) in [7, 11) is 0. The van der Waals surface area contributed by atoms with Crippen molar-refractivity contribution in [1.29, 1.82) is 0 Å². The summed E-state index contributed by atoms with van der Waals surface area (Å²) in [5.74, 6) is 0. The maximum absolute atomic E-state index is 2.64. The third kappa shape index (κ3) is 1.93. The van der Waals surface area contributed by atoms with Gasteiger partial charge in [0.25, 0.3) is 0 Å². The Hall–Kier alpha value is -0.820. The summed E-state index contributed by atoms with van der Waals surface area (Å²) in [4.78, 5) is 2.64. The monoisotopic (exact) mass is 203 g/mol. The van der Waals surface area contributed by atoms with Crippen LogP contribution in [0.4, 0.5) is 0 Å². The molecule has 0 bridgehead atoms. The predicted octanol–water partition coefficient (Wildman–Crippen LogP) is 3.41. The van der Waals surface area contributed by atoms with E-state index in [-0.39, 0.29) is 0 Å². The number of hydrogen-bond donors (Lipinski definition) is 0. The summed E-state index contributed by atoms with van der Waals surface area (Å²) in [6.07, 6.45) is 4.02. The Morgan fingerprint density at radius 3 is 2.80 bits per heavy atom. The maximum Gasteiger partial charge on any atom is 0.0351 e. The molecule has 1 heteroatoms. The third-order valence-corrected chi connectivity index (χ3v) is 3.45. The molecule has 15 heavy (non-hydrogen) atoms. The fraction of sp³-hybridized carbons (Fsp3) is 0.571. The van der Waals surface area contributed by atoms with Gasteiger partial charge in [-0.1, -0.05) is 38.1 Å². The number of hydrogen-bond acceptors (Lipinski definition) is 1. The van der Waals surface area contributed by atoms with Crippen molar-refractivity contribution in [2.24, 2.45) is 0 Å². The van der Waals surface area contributed by atoms with E-state index in [4.69, 9.17) is 0 Å². The summed E-state index contributed by atoms with van der Waals surface area (Å²) in [6, 6.07) is 9.72. The zero-order valence-corrected chi connectivity index (χ0v) is 9.87. The van der Waals surface area contributed by atoms with Crippen LogP contribution in [-0.4, -0.2) is 18.0 Å². The minimum Gasteiger partial charge on any atom is -0.296 e. The van der Waals surface area contributed by atoms with Gasteiger partial charge in [0.05, 0.1) is 0 Å². The highest BCUT2D eigenvalue weighted by Gasteiger charge is 2.30. The van der Waals surface area contributed by atoms with Crippen molar-refractivity contribution in [3.63, 3.8) is 0 Å². The molecule has 0 aliphatic carbocycles. The van der Waals surface area contributed by atoms with Crippen LogP contribution < -0.4 is 0 Å². The molecule has 1 fully saturated rings. The molecule has 0 aromatic heterocycles. The van der Waals surface area contributed by atoms with E-state index in [0.717, 1.165) is 6.04 Å². The summed E-state index contributed by atoms with van der Waals surface area (Å²) in [5.41, 5.74) is 3.19. The summed E-state index contributed by atoms with van der Waals surface area (Å²) < 4.78 is 0. The van der Waals surface area contributed by atoms with Crippen LogP contribution in [0.1, 0.15) is 43.9 Å². The van der Waals surface area contributed by atoms with Crippen LogP contribution in [0, 0.1) is 0 Å². The predicted molar refractivity (Wildman–Crippen MR) is 65.0 cm³/mol. The number of rotatable bonds is 0. The van der Waals surface area contributed by atoms with Crippen molar-refractivity contribution in [3.8, 4) is 0 Å². The van der Waals surface area contributed by atoms with E-state index in [1.165, 1.54) is 32.4 Å². The van der Waals surface area contributed by atoms with Gasteiger partial charge in [0.15, 0.2) is 0 Å². The van der Waals surface area contributed by atoms with Gasteiger partial charge in [-0.05, 0) is 36.9 Å². The van der Waals surface area contributed by atoms with Crippen molar-refractivity contribution in [2.45, 2.75) is 39.2 Å². The molecule has 2 aliphatic heterocycles. The lowest BCUT2D eigenvalue weighted by molar-refractivity contribution is 0.244. The van der Waals surface area contributed by atoms with Crippen molar-refractivity contribution >= 4 is 0 Å². The summed E-state index contributed by atoms with van der Waals surface area (Å²) in [6.45, 7) is 6.60. The number of nitrogens with zero attached hydrogens (tertiary/aromatic N) is 1. The molecule has 1 saturated heterocycles. The fourth-order valence-corrected chi connectivity index (χ4v) is 2.80. The van der Waals surface area contributed by atoms with Crippen LogP contribution in [-0.2, 0) is 6.42 Å². The molecule has 1 atom stereocenters. The van der Waals surface area contributed by atoms with Crippen LogP contribution >= 0.6 is 0 Å². The Kier molecular flexibility index (Phi) is 3.42. The molecule has 1 aromatic rings. The first-order valence-electron chi connectivity index (χ1n) is 6.27. The average Bonchev–Trinajstić information content (AvgIpc) is 2.80. The topological polar surface area (TPSA) is 3.24 Å². The smallest absolute Gasteiger partial charge is 0.0351 e. The van der Waals surface area contributed by atoms with E-state index < -0.39 is 0 Å². The zero-order valence-electron chi connectivity index (χ0n) is 9.87. The van der Waals surface area contributed by atoms with Gasteiger partial charge in [0.1, 0.15) is 0 Å². The van der Waals surface area contributed by atoms with Crippen LogP contribution in [0.15, 0.2) is 24.3 Å². The number of fused-ring (bicyclic) bond motifs is 3. The van der Waals surface area contributed by atoms with Gasteiger partial charge >= 0.3 is 0 Å². The second kappa shape index (κ2) is 4.80. The first kappa shape index (κ1) is 10.7. The Labute approximate surface area is 93.1 Å². The molecule has 3 rings (SSSR count). The van der Waals surface area contributed by atoms with Gasteiger partial charge in [0, 0.05) is 12.6 Å². The molecule has 1 nitrogen and oxygen atoms in total. The molecule has 0 amide bonds. The minimum atomic E-state index is 0.755. The Morgan fingerprint density at radius 1 is 1.13 bits per heavy atom. The van der Waals surface area contributed by atoms with Gasteiger partial charge in [-0.15, -0.1) is 0 Å². The fourth-order valence-electron chi connectivity index (χ4n) is 2.80. The lowest BCUT2D eigenvalue weighted by Crippen LogP contribution is -2.30. The third-order valence-electron chi connectivity index (χ3n) is 3.45. The minimum absolute atomic E-state index is 0.755. The number of benzene rings is 1. The van der Waals surface area contributed by atoms with Crippen molar-refractivity contribution in [1.82, 2.24) is 4.90 Å². The van der Waals surface area contributed by atoms with Crippen LogP contribution in [0.2, 0.25) is 0 Å². The molecule has 2 heterocycles. The normalized spacial score (nSPS) is 23.7. The van der Waals surface area contributed by atoms with Gasteiger partial charge in [-0.3, -0.25) is 4.90 Å². The highest BCUT2D eigenvalue weighted by atomic mass is 15.2. The maximum atomic E-state index is 2.64. The van der Waals surface area contributed by atoms with E-state index >= 15 is 0 Å². The second-order valence-corrected chi connectivity index (χ2v) is 4.14. The molecule has 0 unspecified atom stereocenters. The molecule has 82 valence electrons. The molecule has 1 aromatic carbocycles. The van der Waals surface area contributed by atoms with Gasteiger partial charge < -0.3 is 0 Å². The average molecular weight is 203 g/mol. The zero-order chi connectivity index (χ0) is 10.7. The van der Waals surface area contributed by atoms with Crippen LogP contribution in [0.3, 0.4) is 0 Å². The lowest BCUT2D eigenvalue weighted by Gasteiger charge is -2.31. The van der Waals surface area contributed by atoms with E-state index in [2.05, 4.69) is 29.2 Å². The molecular weight excluding hydrogens is 182 g/mol. The molecule has 0 saturated carbocycles. The van der Waals surface area contributed by atoms with E-state index in [1.54, 1.807) is 11.1 Å². The largest absolute Gasteiger partial charge is 0.296 e. The highest BCUT2D eigenvalue weighted by Crippen LogP contribution is 2.36. The van der Waals surface area contributed by atoms with E-state index in [0.29, 0.717) is 0 Å². The molecular formula is C14H21N. The first-order chi connectivity index (χ1) is 7.45. The second-order valence-electron chi connectivity index (χ2n) is 4.14. The van der Waals surface area contributed by atoms with Crippen LogP contribution in [0.25, 0.3) is 0 Å². The first-order valence-corrected chi connectivity index (χ1v) is 6.27. The van der Waals surface area contributed by atoms with Crippen molar-refractivity contribution in [2.75, 3.05) is 13.1 Å². The summed E-state index contributed by atoms with van der Waals surface area (Å²) in [5, 5.41) is 0. The Bertz CT molecular complexity index is 319. The van der Waals surface area contributed by atoms with Gasteiger partial charge in [0.2, 0.25) is 0 Å². The molecule has 0 N–H and O–H groups in total. The van der Waals surface area contributed by atoms with Gasteiger partial charge in [-0.2, -0.15) is 0 Å². The Morgan fingerprint density at radius 2 is 1.93 bits per heavy atom. The molecule has 2 aliphatic rings. The summed E-state index contributed by atoms with van der Waals surface area (Å²) >= 11 is 0.